The Hall–Kier alpha value is -1.74. The van der Waals surface area contributed by atoms with Crippen molar-refractivity contribution in [1.29, 1.82) is 0 Å². The average Bonchev–Trinajstić information content (AvgIpc) is 2.69. The van der Waals surface area contributed by atoms with E-state index in [4.69, 9.17) is 34.3 Å². The summed E-state index contributed by atoms with van der Waals surface area (Å²) >= 11 is 10.7. The smallest absolute Gasteiger partial charge is 0.417 e. The SMILES string of the molecule is CC1=C(C)C(Oc2ncc(C(F)(F)F)cc2Cl)(C(N)=S)N=N1. The van der Waals surface area contributed by atoms with Crippen LogP contribution in [0.4, 0.5) is 13.2 Å². The molecule has 0 radical (unpaired) electrons. The fraction of sp³-hybridized carbons (Fsp3) is 0.333. The number of nitrogens with two attached hydrogens (primary N) is 1. The lowest BCUT2D eigenvalue weighted by Gasteiger charge is -2.26. The van der Waals surface area contributed by atoms with E-state index in [9.17, 15) is 13.2 Å². The van der Waals surface area contributed by atoms with Crippen molar-refractivity contribution in [2.24, 2.45) is 16.0 Å². The molecule has 1 aromatic rings. The van der Waals surface area contributed by atoms with Gasteiger partial charge in [-0.15, -0.1) is 5.11 Å². The van der Waals surface area contributed by atoms with Gasteiger partial charge in [0.15, 0.2) is 0 Å². The molecule has 0 aromatic carbocycles. The van der Waals surface area contributed by atoms with Crippen LogP contribution in [0.5, 0.6) is 5.88 Å². The Morgan fingerprint density at radius 2 is 2.05 bits per heavy atom. The molecule has 2 rings (SSSR count). The van der Waals surface area contributed by atoms with Gasteiger partial charge in [-0.05, 0) is 19.9 Å². The molecular formula is C12H10ClF3N4OS. The Morgan fingerprint density at radius 1 is 1.41 bits per heavy atom. The highest BCUT2D eigenvalue weighted by molar-refractivity contribution is 7.80. The highest BCUT2D eigenvalue weighted by atomic mass is 35.5. The van der Waals surface area contributed by atoms with Gasteiger partial charge >= 0.3 is 6.18 Å². The number of aromatic nitrogens is 1. The van der Waals surface area contributed by atoms with Crippen LogP contribution in [0, 0.1) is 0 Å². The Morgan fingerprint density at radius 3 is 2.45 bits per heavy atom. The summed E-state index contributed by atoms with van der Waals surface area (Å²) in [6.07, 6.45) is -3.96. The van der Waals surface area contributed by atoms with Crippen LogP contribution in [0.2, 0.25) is 5.02 Å². The second-order valence-electron chi connectivity index (χ2n) is 4.53. The lowest BCUT2D eigenvalue weighted by atomic mass is 10.0. The predicted molar refractivity (Wildman–Crippen MR) is 77.6 cm³/mol. The van der Waals surface area contributed by atoms with E-state index in [0.717, 1.165) is 0 Å². The molecule has 5 nitrogen and oxygen atoms in total. The number of allylic oxidation sites excluding steroid dienone is 1. The van der Waals surface area contributed by atoms with E-state index in [-0.39, 0.29) is 15.9 Å². The maximum Gasteiger partial charge on any atom is 0.417 e. The number of halogens is 4. The second kappa shape index (κ2) is 5.47. The molecule has 0 saturated carbocycles. The topological polar surface area (TPSA) is 72.9 Å². The number of hydrogen-bond acceptors (Lipinski definition) is 5. The summed E-state index contributed by atoms with van der Waals surface area (Å²) in [5.74, 6) is -0.268. The first-order chi connectivity index (χ1) is 10.1. The molecule has 0 saturated heterocycles. The van der Waals surface area contributed by atoms with Crippen molar-refractivity contribution in [2.45, 2.75) is 25.7 Å². The summed E-state index contributed by atoms with van der Waals surface area (Å²) in [5, 5.41) is 7.38. The summed E-state index contributed by atoms with van der Waals surface area (Å²) in [5.41, 5.74) is 4.12. The molecule has 0 fully saturated rings. The van der Waals surface area contributed by atoms with Crippen LogP contribution < -0.4 is 10.5 Å². The normalized spacial score (nSPS) is 21.4. The van der Waals surface area contributed by atoms with E-state index in [2.05, 4.69) is 15.2 Å². The van der Waals surface area contributed by atoms with Gasteiger partial charge in [-0.2, -0.15) is 18.3 Å². The van der Waals surface area contributed by atoms with Crippen LogP contribution >= 0.6 is 23.8 Å². The minimum atomic E-state index is -4.56. The number of hydrogen-bond donors (Lipinski definition) is 1. The van der Waals surface area contributed by atoms with E-state index in [0.29, 0.717) is 23.5 Å². The average molecular weight is 351 g/mol. The van der Waals surface area contributed by atoms with Gasteiger partial charge in [-0.1, -0.05) is 23.8 Å². The van der Waals surface area contributed by atoms with Crippen molar-refractivity contribution in [3.63, 3.8) is 0 Å². The predicted octanol–water partition coefficient (Wildman–Crippen LogP) is 3.87. The summed E-state index contributed by atoms with van der Waals surface area (Å²) in [6.45, 7) is 3.32. The third-order valence-corrected chi connectivity index (χ3v) is 3.65. The van der Waals surface area contributed by atoms with E-state index in [1.54, 1.807) is 13.8 Å². The van der Waals surface area contributed by atoms with Crippen LogP contribution in [-0.2, 0) is 6.18 Å². The minimum absolute atomic E-state index is 0.150. The third-order valence-electron chi connectivity index (χ3n) is 3.10. The molecule has 2 heterocycles. The van der Waals surface area contributed by atoms with Crippen molar-refractivity contribution in [2.75, 3.05) is 0 Å². The molecule has 1 atom stereocenters. The molecular weight excluding hydrogens is 341 g/mol. The van der Waals surface area contributed by atoms with Gasteiger partial charge in [-0.25, -0.2) is 4.98 Å². The molecule has 0 bridgehead atoms. The molecule has 10 heteroatoms. The zero-order valence-corrected chi connectivity index (χ0v) is 13.0. The van der Waals surface area contributed by atoms with Gasteiger partial charge in [0, 0.05) is 11.8 Å². The van der Waals surface area contributed by atoms with Gasteiger partial charge < -0.3 is 10.5 Å². The Bertz CT molecular complexity index is 704. The zero-order valence-electron chi connectivity index (χ0n) is 11.4. The summed E-state index contributed by atoms with van der Waals surface area (Å²) < 4.78 is 43.3. The molecule has 0 spiro atoms. The number of azo groups is 1. The van der Waals surface area contributed by atoms with Gasteiger partial charge in [0.2, 0.25) is 5.88 Å². The van der Waals surface area contributed by atoms with Crippen molar-refractivity contribution in [1.82, 2.24) is 4.98 Å². The first kappa shape index (κ1) is 16.6. The lowest BCUT2D eigenvalue weighted by molar-refractivity contribution is -0.137. The van der Waals surface area contributed by atoms with Crippen molar-refractivity contribution in [3.05, 3.63) is 34.1 Å². The largest absolute Gasteiger partial charge is 0.435 e. The van der Waals surface area contributed by atoms with Gasteiger partial charge in [0.1, 0.15) is 10.0 Å². The summed E-state index contributed by atoms with van der Waals surface area (Å²) in [6, 6.07) is 0.704. The third kappa shape index (κ3) is 2.78. The fourth-order valence-electron chi connectivity index (χ4n) is 1.72. The van der Waals surface area contributed by atoms with Crippen LogP contribution in [0.15, 0.2) is 33.8 Å². The standard InChI is InChI=1S/C12H10ClF3N4OS/c1-5-6(2)19-20-11(5,10(17)22)21-9-8(13)3-7(4-18-9)12(14,15)16/h3-4H,1-2H3,(H2,17,22). The van der Waals surface area contributed by atoms with Gasteiger partial charge in [0.25, 0.3) is 5.72 Å². The maximum atomic E-state index is 12.6. The highest BCUT2D eigenvalue weighted by Crippen LogP contribution is 2.38. The summed E-state index contributed by atoms with van der Waals surface area (Å²) in [4.78, 5) is 3.43. The Kier molecular flexibility index (Phi) is 4.14. The van der Waals surface area contributed by atoms with Crippen molar-refractivity contribution in [3.8, 4) is 5.88 Å². The molecule has 1 aliphatic rings. The van der Waals surface area contributed by atoms with E-state index in [1.165, 1.54) is 0 Å². The first-order valence-electron chi connectivity index (χ1n) is 5.90. The van der Waals surface area contributed by atoms with Gasteiger partial charge in [-0.3, -0.25) is 0 Å². The number of alkyl halides is 3. The first-order valence-corrected chi connectivity index (χ1v) is 6.69. The molecule has 1 aliphatic heterocycles. The van der Waals surface area contributed by atoms with E-state index in [1.807, 2.05) is 0 Å². The fourth-order valence-corrected chi connectivity index (χ4v) is 2.16. The molecule has 22 heavy (non-hydrogen) atoms. The molecule has 118 valence electrons. The molecule has 2 N–H and O–H groups in total. The van der Waals surface area contributed by atoms with E-state index < -0.39 is 17.5 Å². The number of thiocarbonyl (C=S) groups is 1. The Labute approximate surface area is 134 Å². The van der Waals surface area contributed by atoms with Gasteiger partial charge in [0.05, 0.1) is 11.3 Å². The number of rotatable bonds is 3. The number of nitrogens with zero attached hydrogens (tertiary/aromatic N) is 3. The second-order valence-corrected chi connectivity index (χ2v) is 5.38. The minimum Gasteiger partial charge on any atom is -0.435 e. The van der Waals surface area contributed by atoms with Crippen LogP contribution in [0.25, 0.3) is 0 Å². The maximum absolute atomic E-state index is 12.6. The quantitative estimate of drug-likeness (QED) is 0.840. The molecule has 1 unspecified atom stereocenters. The van der Waals surface area contributed by atoms with Crippen molar-refractivity contribution < 1.29 is 17.9 Å². The molecule has 0 amide bonds. The summed E-state index contributed by atoms with van der Waals surface area (Å²) in [7, 11) is 0. The van der Waals surface area contributed by atoms with Crippen LogP contribution in [0.1, 0.15) is 19.4 Å². The number of ether oxygens (including phenoxy) is 1. The van der Waals surface area contributed by atoms with Crippen molar-refractivity contribution >= 4 is 28.8 Å². The Balaban J connectivity index is 2.42. The molecule has 0 aliphatic carbocycles. The van der Waals surface area contributed by atoms with Crippen LogP contribution in [0.3, 0.4) is 0 Å². The zero-order chi connectivity index (χ0) is 16.7. The lowest BCUT2D eigenvalue weighted by Crippen LogP contribution is -2.46. The number of pyridine rings is 1. The van der Waals surface area contributed by atoms with Crippen LogP contribution in [-0.4, -0.2) is 15.7 Å². The monoisotopic (exact) mass is 350 g/mol. The van der Waals surface area contributed by atoms with E-state index >= 15 is 0 Å². The highest BCUT2D eigenvalue weighted by Gasteiger charge is 2.44. The molecule has 1 aromatic heterocycles.